The highest BCUT2D eigenvalue weighted by Crippen LogP contribution is 2.19. The molecule has 0 saturated carbocycles. The summed E-state index contributed by atoms with van der Waals surface area (Å²) in [5.74, 6) is 0.871. The van der Waals surface area contributed by atoms with E-state index in [9.17, 15) is 0 Å². The third-order valence-electron chi connectivity index (χ3n) is 3.19. The standard InChI is InChI=1S/C16H16N4/c1-2-17-16-10-13(19-11-20-16)9-12-7-8-18-15-6-4-3-5-14(12)15/h3-8,10-11H,2,9H2,1H3,(H,17,19,20). The maximum Gasteiger partial charge on any atom is 0.129 e. The molecule has 2 heterocycles. The average Bonchev–Trinajstić information content (AvgIpc) is 2.48. The number of fused-ring (bicyclic) bond motifs is 1. The van der Waals surface area contributed by atoms with Crippen molar-refractivity contribution >= 4 is 16.7 Å². The van der Waals surface area contributed by atoms with Gasteiger partial charge in [-0.3, -0.25) is 4.98 Å². The van der Waals surface area contributed by atoms with Gasteiger partial charge in [-0.1, -0.05) is 18.2 Å². The van der Waals surface area contributed by atoms with Crippen molar-refractivity contribution in [2.45, 2.75) is 13.3 Å². The molecule has 0 amide bonds. The van der Waals surface area contributed by atoms with E-state index >= 15 is 0 Å². The second-order valence-corrected chi connectivity index (χ2v) is 4.59. The summed E-state index contributed by atoms with van der Waals surface area (Å²) in [7, 11) is 0. The van der Waals surface area contributed by atoms with Crippen molar-refractivity contribution in [1.82, 2.24) is 15.0 Å². The minimum atomic E-state index is 0.782. The van der Waals surface area contributed by atoms with Crippen LogP contribution in [0.15, 0.2) is 48.9 Å². The normalized spacial score (nSPS) is 10.7. The molecule has 4 heteroatoms. The first-order valence-electron chi connectivity index (χ1n) is 6.74. The van der Waals surface area contributed by atoms with Crippen LogP contribution in [0.25, 0.3) is 10.9 Å². The van der Waals surface area contributed by atoms with Gasteiger partial charge in [-0.15, -0.1) is 0 Å². The predicted octanol–water partition coefficient (Wildman–Crippen LogP) is 3.05. The SMILES string of the molecule is CCNc1cc(Cc2ccnc3ccccc23)ncn1. The Labute approximate surface area is 117 Å². The Balaban J connectivity index is 1.95. The Kier molecular flexibility index (Phi) is 3.54. The number of para-hydroxylation sites is 1. The molecule has 0 aliphatic rings. The molecule has 0 fully saturated rings. The summed E-state index contributed by atoms with van der Waals surface area (Å²) in [5, 5.41) is 4.39. The lowest BCUT2D eigenvalue weighted by molar-refractivity contribution is 1.02. The first-order valence-corrected chi connectivity index (χ1v) is 6.74. The van der Waals surface area contributed by atoms with Crippen molar-refractivity contribution in [3.8, 4) is 0 Å². The number of rotatable bonds is 4. The molecule has 0 unspecified atom stereocenters. The fourth-order valence-corrected chi connectivity index (χ4v) is 2.28. The van der Waals surface area contributed by atoms with Crippen molar-refractivity contribution in [3.63, 3.8) is 0 Å². The lowest BCUT2D eigenvalue weighted by atomic mass is 10.0. The van der Waals surface area contributed by atoms with Crippen LogP contribution >= 0.6 is 0 Å². The summed E-state index contributed by atoms with van der Waals surface area (Å²) < 4.78 is 0. The molecule has 2 aromatic heterocycles. The Hall–Kier alpha value is -2.49. The van der Waals surface area contributed by atoms with Gasteiger partial charge in [-0.05, 0) is 24.6 Å². The molecule has 0 aliphatic carbocycles. The van der Waals surface area contributed by atoms with Gasteiger partial charge in [0, 0.05) is 30.6 Å². The van der Waals surface area contributed by atoms with E-state index in [4.69, 9.17) is 0 Å². The van der Waals surface area contributed by atoms with E-state index < -0.39 is 0 Å². The van der Waals surface area contributed by atoms with Crippen LogP contribution in [0.4, 0.5) is 5.82 Å². The summed E-state index contributed by atoms with van der Waals surface area (Å²) in [4.78, 5) is 12.9. The smallest absolute Gasteiger partial charge is 0.129 e. The van der Waals surface area contributed by atoms with E-state index in [1.54, 1.807) is 6.33 Å². The van der Waals surface area contributed by atoms with Crippen molar-refractivity contribution in [2.24, 2.45) is 0 Å². The van der Waals surface area contributed by atoms with Crippen LogP contribution in [0, 0.1) is 0 Å². The Bertz CT molecular complexity index is 719. The zero-order chi connectivity index (χ0) is 13.8. The topological polar surface area (TPSA) is 50.7 Å². The molecule has 0 spiro atoms. The van der Waals surface area contributed by atoms with E-state index in [2.05, 4.69) is 39.3 Å². The van der Waals surface area contributed by atoms with Crippen molar-refractivity contribution in [2.75, 3.05) is 11.9 Å². The highest BCUT2D eigenvalue weighted by Gasteiger charge is 2.04. The van der Waals surface area contributed by atoms with Gasteiger partial charge in [0.1, 0.15) is 12.1 Å². The number of nitrogens with zero attached hydrogens (tertiary/aromatic N) is 3. The molecule has 20 heavy (non-hydrogen) atoms. The van der Waals surface area contributed by atoms with E-state index in [-0.39, 0.29) is 0 Å². The lowest BCUT2D eigenvalue weighted by Crippen LogP contribution is -2.02. The molecule has 0 radical (unpaired) electrons. The van der Waals surface area contributed by atoms with Gasteiger partial charge in [-0.2, -0.15) is 0 Å². The van der Waals surface area contributed by atoms with E-state index in [1.807, 2.05) is 30.5 Å². The number of aromatic nitrogens is 3. The highest BCUT2D eigenvalue weighted by molar-refractivity contribution is 5.82. The van der Waals surface area contributed by atoms with Gasteiger partial charge in [0.05, 0.1) is 11.2 Å². The summed E-state index contributed by atoms with van der Waals surface area (Å²) in [6, 6.07) is 12.2. The molecular weight excluding hydrogens is 248 g/mol. The summed E-state index contributed by atoms with van der Waals surface area (Å²) >= 11 is 0. The van der Waals surface area contributed by atoms with Crippen LogP contribution in [-0.4, -0.2) is 21.5 Å². The molecule has 0 saturated heterocycles. The van der Waals surface area contributed by atoms with Crippen molar-refractivity contribution in [1.29, 1.82) is 0 Å². The second-order valence-electron chi connectivity index (χ2n) is 4.59. The third-order valence-corrected chi connectivity index (χ3v) is 3.19. The number of nitrogens with one attached hydrogen (secondary N) is 1. The molecule has 3 rings (SSSR count). The number of pyridine rings is 1. The lowest BCUT2D eigenvalue weighted by Gasteiger charge is -2.07. The number of hydrogen-bond acceptors (Lipinski definition) is 4. The van der Waals surface area contributed by atoms with Gasteiger partial charge in [0.25, 0.3) is 0 Å². The van der Waals surface area contributed by atoms with Crippen molar-refractivity contribution < 1.29 is 0 Å². The number of anilines is 1. The summed E-state index contributed by atoms with van der Waals surface area (Å²) in [6.45, 7) is 2.91. The molecule has 1 aromatic carbocycles. The molecule has 0 bridgehead atoms. The van der Waals surface area contributed by atoms with Gasteiger partial charge in [0.2, 0.25) is 0 Å². The van der Waals surface area contributed by atoms with Crippen LogP contribution in [0.1, 0.15) is 18.2 Å². The van der Waals surface area contributed by atoms with Crippen LogP contribution in [-0.2, 0) is 6.42 Å². The minimum Gasteiger partial charge on any atom is -0.370 e. The fraction of sp³-hybridized carbons (Fsp3) is 0.188. The predicted molar refractivity (Wildman–Crippen MR) is 80.7 cm³/mol. The van der Waals surface area contributed by atoms with Crippen LogP contribution in [0.5, 0.6) is 0 Å². The van der Waals surface area contributed by atoms with Gasteiger partial charge < -0.3 is 5.32 Å². The third kappa shape index (κ3) is 2.59. The van der Waals surface area contributed by atoms with Gasteiger partial charge in [0.15, 0.2) is 0 Å². The maximum atomic E-state index is 4.39. The monoisotopic (exact) mass is 264 g/mol. The molecule has 0 aliphatic heterocycles. The first kappa shape index (κ1) is 12.5. The zero-order valence-electron chi connectivity index (χ0n) is 11.4. The second kappa shape index (κ2) is 5.65. The van der Waals surface area contributed by atoms with E-state index in [0.717, 1.165) is 30.0 Å². The minimum absolute atomic E-state index is 0.782. The summed E-state index contributed by atoms with van der Waals surface area (Å²) in [5.41, 5.74) is 3.26. The van der Waals surface area contributed by atoms with Crippen LogP contribution in [0.2, 0.25) is 0 Å². The molecule has 4 nitrogen and oxygen atoms in total. The van der Waals surface area contributed by atoms with E-state index in [1.165, 1.54) is 10.9 Å². The molecule has 3 aromatic rings. The van der Waals surface area contributed by atoms with E-state index in [0.29, 0.717) is 0 Å². The first-order chi connectivity index (χ1) is 9.86. The average molecular weight is 264 g/mol. The number of benzene rings is 1. The number of hydrogen-bond donors (Lipinski definition) is 1. The highest BCUT2D eigenvalue weighted by atomic mass is 15.0. The molecule has 1 N–H and O–H groups in total. The quantitative estimate of drug-likeness (QED) is 0.787. The van der Waals surface area contributed by atoms with Gasteiger partial charge in [-0.25, -0.2) is 9.97 Å². The molecular formula is C16H16N4. The Morgan fingerprint density at radius 1 is 1.05 bits per heavy atom. The Morgan fingerprint density at radius 3 is 2.85 bits per heavy atom. The Morgan fingerprint density at radius 2 is 1.95 bits per heavy atom. The zero-order valence-corrected chi connectivity index (χ0v) is 11.4. The fourth-order valence-electron chi connectivity index (χ4n) is 2.28. The molecule has 0 atom stereocenters. The van der Waals surface area contributed by atoms with Crippen molar-refractivity contribution in [3.05, 3.63) is 60.2 Å². The largest absolute Gasteiger partial charge is 0.370 e. The summed E-state index contributed by atoms with van der Waals surface area (Å²) in [6.07, 6.45) is 4.24. The van der Waals surface area contributed by atoms with Crippen LogP contribution in [0.3, 0.4) is 0 Å². The molecule has 100 valence electrons. The van der Waals surface area contributed by atoms with Crippen LogP contribution < -0.4 is 5.32 Å². The van der Waals surface area contributed by atoms with Gasteiger partial charge >= 0.3 is 0 Å². The maximum absolute atomic E-state index is 4.39.